The zero-order valence-electron chi connectivity index (χ0n) is 14.0. The van der Waals surface area contributed by atoms with Gasteiger partial charge in [-0.15, -0.1) is 10.2 Å². The minimum atomic E-state index is -0.360. The molecule has 8 heteroatoms. The number of hydrogen-bond acceptors (Lipinski definition) is 6. The number of nitrogen functional groups attached to an aromatic ring is 1. The maximum atomic E-state index is 12.3. The highest BCUT2D eigenvalue weighted by Gasteiger charge is 2.20. The summed E-state index contributed by atoms with van der Waals surface area (Å²) < 4.78 is 6.60. The Labute approximate surface area is 149 Å². The molecule has 0 bridgehead atoms. The average molecular weight is 357 g/mol. The molecule has 7 nitrogen and oxygen atoms in total. The summed E-state index contributed by atoms with van der Waals surface area (Å²) in [7, 11) is 0. The summed E-state index contributed by atoms with van der Waals surface area (Å²) in [5.74, 6) is 6.85. The number of furan rings is 1. The van der Waals surface area contributed by atoms with Gasteiger partial charge in [-0.3, -0.25) is 4.79 Å². The Balaban J connectivity index is 1.59. The van der Waals surface area contributed by atoms with Crippen molar-refractivity contribution < 1.29 is 9.21 Å². The van der Waals surface area contributed by atoms with Gasteiger partial charge in [0.2, 0.25) is 16.9 Å². The van der Waals surface area contributed by atoms with Crippen molar-refractivity contribution in [3.05, 3.63) is 53.8 Å². The van der Waals surface area contributed by atoms with E-state index in [0.717, 1.165) is 5.56 Å². The minimum absolute atomic E-state index is 0.0897. The number of rotatable bonds is 6. The quantitative estimate of drug-likeness (QED) is 0.519. The number of amides is 1. The first-order valence-electron chi connectivity index (χ1n) is 7.79. The smallest absolute Gasteiger partial charge is 0.233 e. The molecular formula is C17H19N5O2S. The number of nitrogens with one attached hydrogen (secondary N) is 1. The Bertz CT molecular complexity index is 843. The van der Waals surface area contributed by atoms with Crippen LogP contribution in [0.3, 0.4) is 0 Å². The van der Waals surface area contributed by atoms with Crippen LogP contribution in [0, 0.1) is 6.92 Å². The molecule has 0 spiro atoms. The maximum absolute atomic E-state index is 12.3. The lowest BCUT2D eigenvalue weighted by Gasteiger charge is -2.11. The summed E-state index contributed by atoms with van der Waals surface area (Å²) in [6.07, 6.45) is 1.54. The Morgan fingerprint density at radius 3 is 2.76 bits per heavy atom. The molecule has 3 rings (SSSR count). The molecular weight excluding hydrogens is 338 g/mol. The summed E-state index contributed by atoms with van der Waals surface area (Å²) in [5.41, 5.74) is 2.24. The number of nitrogens with zero attached hydrogens (tertiary/aromatic N) is 3. The van der Waals surface area contributed by atoms with E-state index in [1.807, 2.05) is 31.2 Å². The molecule has 1 atom stereocenters. The molecule has 25 heavy (non-hydrogen) atoms. The number of aromatic nitrogens is 3. The van der Waals surface area contributed by atoms with Crippen molar-refractivity contribution in [3.63, 3.8) is 0 Å². The number of nitrogens with two attached hydrogens (primary N) is 1. The van der Waals surface area contributed by atoms with Crippen LogP contribution < -0.4 is 11.2 Å². The molecule has 2 heterocycles. The predicted molar refractivity (Wildman–Crippen MR) is 96.2 cm³/mol. The molecule has 1 unspecified atom stereocenters. The van der Waals surface area contributed by atoms with E-state index < -0.39 is 0 Å². The van der Waals surface area contributed by atoms with Crippen LogP contribution in [0.2, 0.25) is 0 Å². The fraction of sp³-hybridized carbons (Fsp3) is 0.235. The Hall–Kier alpha value is -2.74. The van der Waals surface area contributed by atoms with Crippen molar-refractivity contribution in [1.29, 1.82) is 0 Å². The van der Waals surface area contributed by atoms with Crippen LogP contribution in [0.15, 0.2) is 52.2 Å². The van der Waals surface area contributed by atoms with Crippen molar-refractivity contribution in [1.82, 2.24) is 20.2 Å². The summed E-state index contributed by atoms with van der Waals surface area (Å²) in [5, 5.41) is 11.1. The lowest BCUT2D eigenvalue weighted by atomic mass is 10.1. The van der Waals surface area contributed by atoms with Gasteiger partial charge in [0.25, 0.3) is 0 Å². The van der Waals surface area contributed by atoms with Crippen molar-refractivity contribution in [2.24, 2.45) is 0 Å². The molecule has 0 saturated carbocycles. The minimum Gasteiger partial charge on any atom is -0.461 e. The zero-order chi connectivity index (χ0) is 17.8. The van der Waals surface area contributed by atoms with Gasteiger partial charge in [0.05, 0.1) is 11.5 Å². The largest absolute Gasteiger partial charge is 0.461 e. The lowest BCUT2D eigenvalue weighted by Crippen LogP contribution is -2.30. The first-order valence-corrected chi connectivity index (χ1v) is 8.67. The van der Waals surface area contributed by atoms with E-state index in [1.54, 1.807) is 19.1 Å². The average Bonchev–Trinajstić information content (AvgIpc) is 3.24. The second-order valence-electron chi connectivity index (χ2n) is 5.62. The van der Waals surface area contributed by atoms with E-state index in [2.05, 4.69) is 15.5 Å². The number of aryl methyl sites for hydroxylation is 1. The lowest BCUT2D eigenvalue weighted by molar-refractivity contribution is -0.120. The van der Waals surface area contributed by atoms with Crippen LogP contribution >= 0.6 is 11.8 Å². The molecule has 1 aromatic carbocycles. The number of carbonyl (C=O) groups is 1. The topological polar surface area (TPSA) is 99.0 Å². The van der Waals surface area contributed by atoms with Gasteiger partial charge < -0.3 is 15.6 Å². The van der Waals surface area contributed by atoms with Crippen molar-refractivity contribution in [3.8, 4) is 11.6 Å². The molecule has 2 aromatic heterocycles. The van der Waals surface area contributed by atoms with E-state index in [9.17, 15) is 4.79 Å². The summed E-state index contributed by atoms with van der Waals surface area (Å²) in [6.45, 7) is 4.31. The summed E-state index contributed by atoms with van der Waals surface area (Å²) in [6, 6.07) is 11.5. The molecule has 1 amide bonds. The fourth-order valence-electron chi connectivity index (χ4n) is 2.18. The first kappa shape index (κ1) is 17.1. The molecule has 130 valence electrons. The van der Waals surface area contributed by atoms with E-state index in [-0.39, 0.29) is 11.2 Å². The first-order chi connectivity index (χ1) is 12.0. The Morgan fingerprint density at radius 2 is 2.08 bits per heavy atom. The molecule has 3 N–H and O–H groups in total. The van der Waals surface area contributed by atoms with Gasteiger partial charge >= 0.3 is 0 Å². The van der Waals surface area contributed by atoms with Gasteiger partial charge in [0.1, 0.15) is 0 Å². The van der Waals surface area contributed by atoms with Crippen molar-refractivity contribution in [2.75, 3.05) is 5.84 Å². The predicted octanol–water partition coefficient (Wildman–Crippen LogP) is 2.36. The SMILES string of the molecule is Cc1ccc(CNC(=O)C(C)Sc2nnc(-c3ccco3)n2N)cc1. The van der Waals surface area contributed by atoms with Gasteiger partial charge in [-0.2, -0.15) is 0 Å². The number of hydrogen-bond donors (Lipinski definition) is 2. The van der Waals surface area contributed by atoms with E-state index in [0.29, 0.717) is 23.3 Å². The second-order valence-corrected chi connectivity index (χ2v) is 6.92. The van der Waals surface area contributed by atoms with E-state index in [1.165, 1.54) is 28.3 Å². The molecule has 0 aliphatic heterocycles. The highest BCUT2D eigenvalue weighted by molar-refractivity contribution is 8.00. The molecule has 0 radical (unpaired) electrons. The third-order valence-corrected chi connectivity index (χ3v) is 4.70. The van der Waals surface area contributed by atoms with Crippen molar-refractivity contribution in [2.45, 2.75) is 30.8 Å². The highest BCUT2D eigenvalue weighted by atomic mass is 32.2. The monoisotopic (exact) mass is 357 g/mol. The number of thioether (sulfide) groups is 1. The molecule has 0 fully saturated rings. The van der Waals surface area contributed by atoms with Crippen molar-refractivity contribution >= 4 is 17.7 Å². The highest BCUT2D eigenvalue weighted by Crippen LogP contribution is 2.24. The third kappa shape index (κ3) is 4.03. The summed E-state index contributed by atoms with van der Waals surface area (Å²) in [4.78, 5) is 12.3. The van der Waals surface area contributed by atoms with Gasteiger partial charge in [-0.25, -0.2) is 4.68 Å². The normalized spacial score (nSPS) is 12.1. The van der Waals surface area contributed by atoms with Crippen LogP contribution in [0.25, 0.3) is 11.6 Å². The standard InChI is InChI=1S/C17H19N5O2S/c1-11-5-7-13(8-6-11)10-19-16(23)12(2)25-17-21-20-15(22(17)18)14-4-3-9-24-14/h3-9,12H,10,18H2,1-2H3,(H,19,23). The molecule has 0 aliphatic carbocycles. The fourth-order valence-corrected chi connectivity index (χ4v) is 2.98. The van der Waals surface area contributed by atoms with Gasteiger partial charge in [0.15, 0.2) is 5.76 Å². The number of benzene rings is 1. The zero-order valence-corrected chi connectivity index (χ0v) is 14.8. The molecule has 0 aliphatic rings. The maximum Gasteiger partial charge on any atom is 0.233 e. The number of carbonyl (C=O) groups excluding carboxylic acids is 1. The second kappa shape index (κ2) is 7.43. The Kier molecular flexibility index (Phi) is 5.08. The van der Waals surface area contributed by atoms with Gasteiger partial charge in [-0.1, -0.05) is 41.6 Å². The van der Waals surface area contributed by atoms with E-state index >= 15 is 0 Å². The van der Waals surface area contributed by atoms with Crippen LogP contribution in [0.5, 0.6) is 0 Å². The summed E-state index contributed by atoms with van der Waals surface area (Å²) >= 11 is 1.24. The van der Waals surface area contributed by atoms with E-state index in [4.69, 9.17) is 10.3 Å². The van der Waals surface area contributed by atoms with Crippen LogP contribution in [0.1, 0.15) is 18.1 Å². The third-order valence-electron chi connectivity index (χ3n) is 3.64. The van der Waals surface area contributed by atoms with Crippen LogP contribution in [0.4, 0.5) is 0 Å². The molecule has 0 saturated heterocycles. The van der Waals surface area contributed by atoms with Crippen LogP contribution in [-0.4, -0.2) is 26.0 Å². The Morgan fingerprint density at radius 1 is 1.32 bits per heavy atom. The van der Waals surface area contributed by atoms with Crippen LogP contribution in [-0.2, 0) is 11.3 Å². The van der Waals surface area contributed by atoms with Gasteiger partial charge in [-0.05, 0) is 31.5 Å². The van der Waals surface area contributed by atoms with Gasteiger partial charge in [0, 0.05) is 6.54 Å². The molecule has 3 aromatic rings.